The molecule has 6 heteroatoms. The fraction of sp³-hybridized carbons (Fsp3) is 0.462. The highest BCUT2D eigenvalue weighted by Crippen LogP contribution is 2.18. The molecule has 0 aliphatic heterocycles. The molecule has 0 heterocycles. The van der Waals surface area contributed by atoms with Gasteiger partial charge in [-0.05, 0) is 31.0 Å². The minimum atomic E-state index is -3.29. The van der Waals surface area contributed by atoms with Crippen molar-refractivity contribution >= 4 is 21.6 Å². The van der Waals surface area contributed by atoms with Crippen molar-refractivity contribution in [2.75, 3.05) is 11.0 Å². The molecule has 5 nitrogen and oxygen atoms in total. The van der Waals surface area contributed by atoms with E-state index in [1.54, 1.807) is 18.2 Å². The van der Waals surface area contributed by atoms with Gasteiger partial charge in [-0.25, -0.2) is 8.42 Å². The lowest BCUT2D eigenvalue weighted by Gasteiger charge is -2.15. The summed E-state index contributed by atoms with van der Waals surface area (Å²) in [4.78, 5) is 11.5. The van der Waals surface area contributed by atoms with Crippen molar-refractivity contribution in [1.82, 2.24) is 5.32 Å². The summed E-state index contributed by atoms with van der Waals surface area (Å²) in [5.74, 6) is -0.00326. The van der Waals surface area contributed by atoms with Crippen LogP contribution in [0.2, 0.25) is 0 Å². The Bertz CT molecular complexity index is 541. The SMILES string of the molecule is CCCC(=O)N[C@@H](C)c1cccc(NS(C)(=O)=O)c1. The number of anilines is 1. The van der Waals surface area contributed by atoms with Crippen molar-refractivity contribution < 1.29 is 13.2 Å². The van der Waals surface area contributed by atoms with Crippen LogP contribution in [-0.2, 0) is 14.8 Å². The molecule has 0 spiro atoms. The van der Waals surface area contributed by atoms with Crippen molar-refractivity contribution in [3.63, 3.8) is 0 Å². The monoisotopic (exact) mass is 284 g/mol. The van der Waals surface area contributed by atoms with Gasteiger partial charge in [-0.2, -0.15) is 0 Å². The van der Waals surface area contributed by atoms with Crippen LogP contribution in [0.3, 0.4) is 0 Å². The third-order valence-corrected chi connectivity index (χ3v) is 3.15. The van der Waals surface area contributed by atoms with Crippen molar-refractivity contribution in [1.29, 1.82) is 0 Å². The fourth-order valence-electron chi connectivity index (χ4n) is 1.71. The summed E-state index contributed by atoms with van der Waals surface area (Å²) in [7, 11) is -3.29. The number of hydrogen-bond acceptors (Lipinski definition) is 3. The summed E-state index contributed by atoms with van der Waals surface area (Å²) < 4.78 is 24.7. The Labute approximate surface area is 114 Å². The third kappa shape index (κ3) is 5.74. The molecule has 1 aromatic carbocycles. The molecule has 0 aromatic heterocycles. The maximum absolute atomic E-state index is 11.5. The van der Waals surface area contributed by atoms with E-state index in [4.69, 9.17) is 0 Å². The Hall–Kier alpha value is -1.56. The zero-order valence-corrected chi connectivity index (χ0v) is 12.3. The Balaban J connectivity index is 2.78. The molecule has 0 bridgehead atoms. The molecule has 0 saturated heterocycles. The first-order valence-electron chi connectivity index (χ1n) is 6.19. The zero-order chi connectivity index (χ0) is 14.5. The molecule has 106 valence electrons. The van der Waals surface area contributed by atoms with Gasteiger partial charge in [0.15, 0.2) is 0 Å². The second-order valence-electron chi connectivity index (χ2n) is 4.54. The average Bonchev–Trinajstić information content (AvgIpc) is 2.27. The normalized spacial score (nSPS) is 12.8. The molecule has 0 fully saturated rings. The number of benzene rings is 1. The molecule has 1 rings (SSSR count). The quantitative estimate of drug-likeness (QED) is 0.839. The largest absolute Gasteiger partial charge is 0.350 e. The van der Waals surface area contributed by atoms with Gasteiger partial charge >= 0.3 is 0 Å². The van der Waals surface area contributed by atoms with Crippen LogP contribution in [0.25, 0.3) is 0 Å². The van der Waals surface area contributed by atoms with Crippen LogP contribution in [0.5, 0.6) is 0 Å². The Kier molecular flexibility index (Phi) is 5.35. The van der Waals surface area contributed by atoms with Gasteiger partial charge in [-0.3, -0.25) is 9.52 Å². The van der Waals surface area contributed by atoms with E-state index in [0.29, 0.717) is 12.1 Å². The van der Waals surface area contributed by atoms with Crippen LogP contribution in [0, 0.1) is 0 Å². The van der Waals surface area contributed by atoms with E-state index in [2.05, 4.69) is 10.0 Å². The van der Waals surface area contributed by atoms with E-state index in [0.717, 1.165) is 18.2 Å². The molecule has 1 amide bonds. The second-order valence-corrected chi connectivity index (χ2v) is 6.29. The average molecular weight is 284 g/mol. The molecule has 0 unspecified atom stereocenters. The standard InChI is InChI=1S/C13H20N2O3S/c1-4-6-13(16)14-10(2)11-7-5-8-12(9-11)15-19(3,17)18/h5,7-10,15H,4,6H2,1-3H3,(H,14,16)/t10-/m0/s1. The molecule has 1 atom stereocenters. The smallest absolute Gasteiger partial charge is 0.229 e. The van der Waals surface area contributed by atoms with Crippen LogP contribution in [0.1, 0.15) is 38.3 Å². The van der Waals surface area contributed by atoms with Crippen LogP contribution in [0.15, 0.2) is 24.3 Å². The molecule has 0 aliphatic carbocycles. The van der Waals surface area contributed by atoms with E-state index < -0.39 is 10.0 Å². The van der Waals surface area contributed by atoms with Gasteiger partial charge in [0.25, 0.3) is 0 Å². The predicted molar refractivity (Wildman–Crippen MR) is 76.4 cm³/mol. The molecule has 1 aromatic rings. The number of sulfonamides is 1. The minimum Gasteiger partial charge on any atom is -0.350 e. The van der Waals surface area contributed by atoms with E-state index in [1.807, 2.05) is 19.9 Å². The molecule has 19 heavy (non-hydrogen) atoms. The van der Waals surface area contributed by atoms with Crippen LogP contribution in [-0.4, -0.2) is 20.6 Å². The summed E-state index contributed by atoms with van der Waals surface area (Å²) in [5.41, 5.74) is 1.36. The van der Waals surface area contributed by atoms with Gasteiger partial charge in [-0.15, -0.1) is 0 Å². The number of carbonyl (C=O) groups excluding carboxylic acids is 1. The third-order valence-electron chi connectivity index (χ3n) is 2.54. The van der Waals surface area contributed by atoms with Gasteiger partial charge in [0.2, 0.25) is 15.9 Å². The lowest BCUT2D eigenvalue weighted by molar-refractivity contribution is -0.121. The summed E-state index contributed by atoms with van der Waals surface area (Å²) >= 11 is 0. The maximum atomic E-state index is 11.5. The number of carbonyl (C=O) groups is 1. The maximum Gasteiger partial charge on any atom is 0.229 e. The second kappa shape index (κ2) is 6.56. The van der Waals surface area contributed by atoms with Crippen LogP contribution < -0.4 is 10.0 Å². The minimum absolute atomic E-state index is 0.00326. The summed E-state index contributed by atoms with van der Waals surface area (Å²) in [6.45, 7) is 3.81. The van der Waals surface area contributed by atoms with Gasteiger partial charge in [0.05, 0.1) is 12.3 Å². The number of hydrogen-bond donors (Lipinski definition) is 2. The summed E-state index contributed by atoms with van der Waals surface area (Å²) in [5, 5.41) is 2.87. The highest BCUT2D eigenvalue weighted by atomic mass is 32.2. The van der Waals surface area contributed by atoms with Crippen molar-refractivity contribution in [2.45, 2.75) is 32.7 Å². The fourth-order valence-corrected chi connectivity index (χ4v) is 2.26. The van der Waals surface area contributed by atoms with Crippen molar-refractivity contribution in [3.05, 3.63) is 29.8 Å². The van der Waals surface area contributed by atoms with Crippen molar-refractivity contribution in [2.24, 2.45) is 0 Å². The van der Waals surface area contributed by atoms with Crippen LogP contribution in [0.4, 0.5) is 5.69 Å². The van der Waals surface area contributed by atoms with E-state index in [-0.39, 0.29) is 11.9 Å². The molecule has 2 N–H and O–H groups in total. The van der Waals surface area contributed by atoms with Gasteiger partial charge in [0, 0.05) is 12.1 Å². The first kappa shape index (κ1) is 15.5. The van der Waals surface area contributed by atoms with Gasteiger partial charge < -0.3 is 5.32 Å². The molecular weight excluding hydrogens is 264 g/mol. The highest BCUT2D eigenvalue weighted by molar-refractivity contribution is 7.92. The van der Waals surface area contributed by atoms with Crippen LogP contribution >= 0.6 is 0 Å². The Morgan fingerprint density at radius 1 is 1.37 bits per heavy atom. The summed E-state index contributed by atoms with van der Waals surface area (Å²) in [6.07, 6.45) is 2.39. The van der Waals surface area contributed by atoms with Gasteiger partial charge in [-0.1, -0.05) is 19.1 Å². The Morgan fingerprint density at radius 2 is 2.05 bits per heavy atom. The molecular formula is C13H20N2O3S. The van der Waals surface area contributed by atoms with E-state index >= 15 is 0 Å². The number of nitrogens with one attached hydrogen (secondary N) is 2. The topological polar surface area (TPSA) is 75.3 Å². The lowest BCUT2D eigenvalue weighted by Crippen LogP contribution is -2.26. The van der Waals surface area contributed by atoms with Crippen molar-refractivity contribution in [3.8, 4) is 0 Å². The molecule has 0 aliphatic rings. The zero-order valence-electron chi connectivity index (χ0n) is 11.4. The van der Waals surface area contributed by atoms with E-state index in [9.17, 15) is 13.2 Å². The van der Waals surface area contributed by atoms with E-state index in [1.165, 1.54) is 0 Å². The molecule has 0 radical (unpaired) electrons. The number of amides is 1. The van der Waals surface area contributed by atoms with Gasteiger partial charge in [0.1, 0.15) is 0 Å². The first-order valence-corrected chi connectivity index (χ1v) is 8.08. The highest BCUT2D eigenvalue weighted by Gasteiger charge is 2.10. The summed E-state index contributed by atoms with van der Waals surface area (Å²) in [6, 6.07) is 6.85. The first-order chi connectivity index (χ1) is 8.81. The lowest BCUT2D eigenvalue weighted by atomic mass is 10.1. The number of rotatable bonds is 6. The Morgan fingerprint density at radius 3 is 2.63 bits per heavy atom. The predicted octanol–water partition coefficient (Wildman–Crippen LogP) is 2.04. The molecule has 0 saturated carbocycles.